The summed E-state index contributed by atoms with van der Waals surface area (Å²) >= 11 is 2.79. The molecule has 0 radical (unpaired) electrons. The molecule has 3 heterocycles. The van der Waals surface area contributed by atoms with Gasteiger partial charge in [-0.25, -0.2) is 9.79 Å². The molecule has 0 aliphatic carbocycles. The van der Waals surface area contributed by atoms with Gasteiger partial charge in [0.2, 0.25) is 0 Å². The van der Waals surface area contributed by atoms with Crippen LogP contribution in [0.15, 0.2) is 110 Å². The molecule has 45 heavy (non-hydrogen) atoms. The number of carbonyl (C=O) groups excluding carboxylic acids is 1. The van der Waals surface area contributed by atoms with Gasteiger partial charge in [0, 0.05) is 34.2 Å². The maximum absolute atomic E-state index is 14.1. The second-order valence-electron chi connectivity index (χ2n) is 10.2. The zero-order valence-electron chi connectivity index (χ0n) is 24.6. The van der Waals surface area contributed by atoms with Crippen LogP contribution in [0.5, 0.6) is 0 Å². The predicted octanol–water partition coefficient (Wildman–Crippen LogP) is 6.13. The van der Waals surface area contributed by atoms with Crippen molar-refractivity contribution in [2.75, 3.05) is 12.9 Å². The van der Waals surface area contributed by atoms with E-state index in [1.807, 2.05) is 67.8 Å². The zero-order chi connectivity index (χ0) is 31.7. The van der Waals surface area contributed by atoms with Gasteiger partial charge in [0.25, 0.3) is 11.2 Å². The number of aryl methyl sites for hydroxylation is 1. The summed E-state index contributed by atoms with van der Waals surface area (Å²) in [7, 11) is 0. The van der Waals surface area contributed by atoms with Crippen LogP contribution in [-0.4, -0.2) is 28.3 Å². The van der Waals surface area contributed by atoms with Gasteiger partial charge in [0.1, 0.15) is 11.5 Å². The minimum Gasteiger partial charge on any atom is -0.463 e. The summed E-state index contributed by atoms with van der Waals surface area (Å²) in [6, 6.07) is 24.4. The first-order chi connectivity index (χ1) is 21.8. The van der Waals surface area contributed by atoms with Crippen LogP contribution < -0.4 is 14.9 Å². The number of carbonyl (C=O) groups is 1. The maximum atomic E-state index is 14.1. The molecule has 6 rings (SSSR count). The number of hydrogen-bond acceptors (Lipinski definition) is 9. The van der Waals surface area contributed by atoms with Crippen molar-refractivity contribution in [3.8, 4) is 11.3 Å². The van der Waals surface area contributed by atoms with Crippen molar-refractivity contribution in [1.29, 1.82) is 0 Å². The Morgan fingerprint density at radius 3 is 2.56 bits per heavy atom. The monoisotopic (exact) mass is 637 g/mol. The molecule has 2 aromatic heterocycles. The molecule has 1 atom stereocenters. The second kappa shape index (κ2) is 12.5. The number of fused-ring (bicyclic) bond motifs is 1. The summed E-state index contributed by atoms with van der Waals surface area (Å²) < 4.78 is 13.5. The van der Waals surface area contributed by atoms with E-state index >= 15 is 0 Å². The molecule has 0 unspecified atom stereocenters. The summed E-state index contributed by atoms with van der Waals surface area (Å²) in [4.78, 5) is 45.0. The lowest BCUT2D eigenvalue weighted by atomic mass is 9.93. The quantitative estimate of drug-likeness (QED) is 0.0869. The molecule has 0 saturated heterocycles. The van der Waals surface area contributed by atoms with Gasteiger partial charge in [0.15, 0.2) is 4.80 Å². The molecule has 0 fully saturated rings. The van der Waals surface area contributed by atoms with Gasteiger partial charge in [0.05, 0.1) is 33.4 Å². The van der Waals surface area contributed by atoms with Crippen LogP contribution >= 0.6 is 23.1 Å². The first kappa shape index (κ1) is 30.0. The van der Waals surface area contributed by atoms with Gasteiger partial charge in [-0.05, 0) is 55.5 Å². The molecule has 0 amide bonds. The lowest BCUT2D eigenvalue weighted by Crippen LogP contribution is -2.40. The molecule has 0 bridgehead atoms. The SMILES string of the molecule is CCOC(=O)C1=C(c2ccccc2)N=c2s/c(=C\c3ccc(-c4cc([N+](=O)[O-])ccc4C)o3)c(=O)n2[C@@H]1c1ccc(SC)cc1. The van der Waals surface area contributed by atoms with E-state index < -0.39 is 16.9 Å². The number of esters is 1. The Balaban J connectivity index is 1.54. The van der Waals surface area contributed by atoms with E-state index in [2.05, 4.69) is 0 Å². The Hall–Kier alpha value is -5.00. The molecule has 0 N–H and O–H groups in total. The molecule has 226 valence electrons. The van der Waals surface area contributed by atoms with E-state index in [0.717, 1.165) is 21.6 Å². The fraction of sp³-hybridized carbons (Fsp3) is 0.147. The summed E-state index contributed by atoms with van der Waals surface area (Å²) in [5, 5.41) is 11.3. The molecule has 0 spiro atoms. The molecular formula is C34H27N3O6S2. The average Bonchev–Trinajstić information content (AvgIpc) is 3.64. The Morgan fingerprint density at radius 1 is 1.11 bits per heavy atom. The van der Waals surface area contributed by atoms with Crippen LogP contribution in [0.3, 0.4) is 0 Å². The standard InChI is InChI=1S/C34H27N3O6S2/c1-4-42-33(39)29-30(21-8-6-5-7-9-21)35-34-36(31(29)22-11-15-25(44-3)16-12-22)32(38)28(45-34)19-24-14-17-27(43-24)26-18-23(37(40)41)13-10-20(26)2/h5-19,31H,4H2,1-3H3/b28-19-/t31-/m1/s1. The average molecular weight is 638 g/mol. The largest absolute Gasteiger partial charge is 0.463 e. The number of thiazole rings is 1. The smallest absolute Gasteiger partial charge is 0.338 e. The first-order valence-corrected chi connectivity index (χ1v) is 16.1. The Morgan fingerprint density at radius 2 is 1.87 bits per heavy atom. The van der Waals surface area contributed by atoms with E-state index in [-0.39, 0.29) is 23.4 Å². The van der Waals surface area contributed by atoms with Gasteiger partial charge in [-0.3, -0.25) is 19.5 Å². The molecule has 9 nitrogen and oxygen atoms in total. The van der Waals surface area contributed by atoms with Crippen molar-refractivity contribution in [3.05, 3.63) is 143 Å². The fourth-order valence-corrected chi connectivity index (χ4v) is 6.62. The number of rotatable bonds is 8. The maximum Gasteiger partial charge on any atom is 0.338 e. The highest BCUT2D eigenvalue weighted by atomic mass is 32.2. The van der Waals surface area contributed by atoms with Crippen LogP contribution in [0.4, 0.5) is 5.69 Å². The number of non-ortho nitro benzene ring substituents is 1. The summed E-state index contributed by atoms with van der Waals surface area (Å²) in [5.41, 5.74) is 3.22. The number of nitrogens with zero attached hydrogens (tertiary/aromatic N) is 3. The van der Waals surface area contributed by atoms with Gasteiger partial charge < -0.3 is 9.15 Å². The highest BCUT2D eigenvalue weighted by molar-refractivity contribution is 7.98. The number of nitro benzene ring substituents is 1. The minimum atomic E-state index is -0.784. The summed E-state index contributed by atoms with van der Waals surface area (Å²) in [6.07, 6.45) is 3.61. The van der Waals surface area contributed by atoms with E-state index in [1.165, 1.54) is 28.0 Å². The van der Waals surface area contributed by atoms with Gasteiger partial charge in [-0.1, -0.05) is 59.9 Å². The lowest BCUT2D eigenvalue weighted by molar-refractivity contribution is -0.384. The molecule has 1 aliphatic heterocycles. The van der Waals surface area contributed by atoms with Crippen molar-refractivity contribution < 1.29 is 18.9 Å². The van der Waals surface area contributed by atoms with E-state index in [0.29, 0.717) is 32.1 Å². The van der Waals surface area contributed by atoms with Crippen molar-refractivity contribution in [1.82, 2.24) is 4.57 Å². The molecule has 5 aromatic rings. The molecule has 0 saturated carbocycles. The Kier molecular flexibility index (Phi) is 8.38. The Bertz CT molecular complexity index is 2140. The van der Waals surface area contributed by atoms with Crippen LogP contribution in [0.25, 0.3) is 23.1 Å². The van der Waals surface area contributed by atoms with E-state index in [9.17, 15) is 19.7 Å². The van der Waals surface area contributed by atoms with Crippen LogP contribution in [0, 0.1) is 17.0 Å². The van der Waals surface area contributed by atoms with Crippen LogP contribution in [0.2, 0.25) is 0 Å². The number of thioether (sulfide) groups is 1. The number of nitro groups is 1. The fourth-order valence-electron chi connectivity index (χ4n) is 5.24. The normalized spacial score (nSPS) is 14.6. The van der Waals surface area contributed by atoms with Gasteiger partial charge in [-0.15, -0.1) is 11.8 Å². The third-order valence-corrected chi connectivity index (χ3v) is 9.13. The number of ether oxygens (including phenoxy) is 1. The zero-order valence-corrected chi connectivity index (χ0v) is 26.2. The molecular weight excluding hydrogens is 611 g/mol. The number of aromatic nitrogens is 1. The van der Waals surface area contributed by atoms with Crippen LogP contribution in [-0.2, 0) is 9.53 Å². The summed E-state index contributed by atoms with van der Waals surface area (Å²) in [5.74, 6) is 0.296. The highest BCUT2D eigenvalue weighted by Gasteiger charge is 2.35. The van der Waals surface area contributed by atoms with Crippen molar-refractivity contribution in [2.45, 2.75) is 24.8 Å². The predicted molar refractivity (Wildman–Crippen MR) is 175 cm³/mol. The third kappa shape index (κ3) is 5.79. The van der Waals surface area contributed by atoms with Crippen LogP contribution in [0.1, 0.15) is 35.4 Å². The van der Waals surface area contributed by atoms with Crippen molar-refractivity contribution in [3.63, 3.8) is 0 Å². The molecule has 3 aromatic carbocycles. The van der Waals surface area contributed by atoms with Crippen molar-refractivity contribution in [2.24, 2.45) is 4.99 Å². The first-order valence-electron chi connectivity index (χ1n) is 14.1. The van der Waals surface area contributed by atoms with E-state index in [4.69, 9.17) is 14.1 Å². The van der Waals surface area contributed by atoms with E-state index in [1.54, 1.807) is 43.0 Å². The highest BCUT2D eigenvalue weighted by Crippen LogP contribution is 2.36. The number of furan rings is 1. The van der Waals surface area contributed by atoms with Crippen molar-refractivity contribution >= 4 is 46.5 Å². The molecule has 11 heteroatoms. The Labute approximate surface area is 266 Å². The summed E-state index contributed by atoms with van der Waals surface area (Å²) in [6.45, 7) is 3.75. The minimum absolute atomic E-state index is 0.0425. The third-order valence-electron chi connectivity index (χ3n) is 7.40. The number of hydrogen-bond donors (Lipinski definition) is 0. The number of benzene rings is 3. The second-order valence-corrected chi connectivity index (χ2v) is 12.1. The van der Waals surface area contributed by atoms with Gasteiger partial charge >= 0.3 is 5.97 Å². The van der Waals surface area contributed by atoms with Gasteiger partial charge in [-0.2, -0.15) is 0 Å². The lowest BCUT2D eigenvalue weighted by Gasteiger charge is -2.26. The molecule has 1 aliphatic rings. The topological polar surface area (TPSA) is 117 Å².